The molecule has 5 heteroatoms. The molecule has 0 bridgehead atoms. The van der Waals surface area contributed by atoms with E-state index in [9.17, 15) is 4.79 Å². The summed E-state index contributed by atoms with van der Waals surface area (Å²) in [4.78, 5) is 18.4. The number of nitrogens with zero attached hydrogens (tertiary/aromatic N) is 2. The highest BCUT2D eigenvalue weighted by atomic mass is 79.9. The van der Waals surface area contributed by atoms with E-state index in [0.29, 0.717) is 17.4 Å². The molecular weight excluding hydrogens is 282 g/mol. The molecule has 0 aromatic carbocycles. The summed E-state index contributed by atoms with van der Waals surface area (Å²) >= 11 is 3.35. The topological polar surface area (TPSA) is 45.2 Å². The predicted octanol–water partition coefficient (Wildman–Crippen LogP) is 2.51. The molecule has 1 aromatic heterocycles. The number of pyridine rings is 1. The summed E-state index contributed by atoms with van der Waals surface area (Å²) in [5.41, 5.74) is 0.622. The van der Waals surface area contributed by atoms with Crippen LogP contribution in [0.15, 0.2) is 16.7 Å². The number of carbonyl (C=O) groups is 1. The lowest BCUT2D eigenvalue weighted by Gasteiger charge is -2.35. The van der Waals surface area contributed by atoms with E-state index in [1.165, 1.54) is 6.42 Å². The highest BCUT2D eigenvalue weighted by Gasteiger charge is 2.27. The number of aromatic nitrogens is 1. The fraction of sp³-hybridized carbons (Fsp3) is 0.500. The van der Waals surface area contributed by atoms with Crippen molar-refractivity contribution in [3.63, 3.8) is 0 Å². The maximum atomic E-state index is 12.3. The molecule has 0 saturated heterocycles. The molecule has 1 aliphatic carbocycles. The Morgan fingerprint density at radius 1 is 1.59 bits per heavy atom. The molecule has 1 aromatic rings. The fourth-order valence-corrected chi connectivity index (χ4v) is 2.26. The lowest BCUT2D eigenvalue weighted by Crippen LogP contribution is -2.41. The van der Waals surface area contributed by atoms with E-state index in [4.69, 9.17) is 0 Å². The van der Waals surface area contributed by atoms with Crippen LogP contribution >= 0.6 is 15.9 Å². The van der Waals surface area contributed by atoms with Gasteiger partial charge in [0.2, 0.25) is 0 Å². The van der Waals surface area contributed by atoms with Crippen LogP contribution in [-0.2, 0) is 0 Å². The highest BCUT2D eigenvalue weighted by Crippen LogP contribution is 2.26. The molecule has 1 saturated carbocycles. The molecule has 0 aliphatic heterocycles. The Morgan fingerprint density at radius 2 is 2.29 bits per heavy atom. The van der Waals surface area contributed by atoms with E-state index < -0.39 is 0 Å². The first-order chi connectivity index (χ1) is 8.13. The van der Waals surface area contributed by atoms with Crippen molar-refractivity contribution in [2.24, 2.45) is 0 Å². The van der Waals surface area contributed by atoms with Crippen LogP contribution in [0.5, 0.6) is 0 Å². The number of halogens is 1. The molecule has 0 radical (unpaired) electrons. The second-order valence-corrected chi connectivity index (χ2v) is 5.22. The van der Waals surface area contributed by atoms with E-state index in [2.05, 4.69) is 26.2 Å². The van der Waals surface area contributed by atoms with Crippen LogP contribution in [0.3, 0.4) is 0 Å². The van der Waals surface area contributed by atoms with Gasteiger partial charge in [-0.25, -0.2) is 4.98 Å². The molecule has 92 valence electrons. The quantitative estimate of drug-likeness (QED) is 0.932. The monoisotopic (exact) mass is 297 g/mol. The average Bonchev–Trinajstić information content (AvgIpc) is 2.25. The molecule has 1 heterocycles. The third kappa shape index (κ3) is 2.44. The maximum Gasteiger partial charge on any atom is 0.257 e. The van der Waals surface area contributed by atoms with Gasteiger partial charge in [-0.3, -0.25) is 4.79 Å². The maximum absolute atomic E-state index is 12.3. The first kappa shape index (κ1) is 12.4. The minimum absolute atomic E-state index is 0.0350. The van der Waals surface area contributed by atoms with Crippen LogP contribution in [-0.4, -0.2) is 35.9 Å². The molecule has 4 nitrogen and oxygen atoms in total. The van der Waals surface area contributed by atoms with Gasteiger partial charge < -0.3 is 10.2 Å². The van der Waals surface area contributed by atoms with E-state index in [1.807, 2.05) is 18.0 Å². The normalized spacial score (nSPS) is 15.2. The van der Waals surface area contributed by atoms with Gasteiger partial charge >= 0.3 is 0 Å². The molecule has 17 heavy (non-hydrogen) atoms. The Bertz CT molecular complexity index is 432. The Balaban J connectivity index is 2.25. The number of anilines is 1. The Hall–Kier alpha value is -1.10. The SMILES string of the molecule is CNc1ncc(Br)cc1C(=O)N(C)C1CCC1. The third-order valence-corrected chi connectivity index (χ3v) is 3.70. The van der Waals surface area contributed by atoms with Gasteiger partial charge in [-0.2, -0.15) is 0 Å². The number of amides is 1. The number of rotatable bonds is 3. The van der Waals surface area contributed by atoms with Crippen molar-refractivity contribution >= 4 is 27.7 Å². The lowest BCUT2D eigenvalue weighted by molar-refractivity contribution is 0.0652. The van der Waals surface area contributed by atoms with E-state index in [-0.39, 0.29) is 5.91 Å². The number of carbonyl (C=O) groups excluding carboxylic acids is 1. The zero-order chi connectivity index (χ0) is 12.4. The Labute approximate surface area is 110 Å². The molecule has 1 amide bonds. The van der Waals surface area contributed by atoms with Crippen LogP contribution in [0.2, 0.25) is 0 Å². The number of hydrogen-bond acceptors (Lipinski definition) is 3. The summed E-state index contributed by atoms with van der Waals surface area (Å²) in [6, 6.07) is 2.21. The van der Waals surface area contributed by atoms with Gasteiger partial charge in [-0.15, -0.1) is 0 Å². The summed E-state index contributed by atoms with van der Waals surface area (Å²) in [6.45, 7) is 0. The standard InChI is InChI=1S/C12H16BrN3O/c1-14-11-10(6-8(13)7-15-11)12(17)16(2)9-4-3-5-9/h6-7,9H,3-5H2,1-2H3,(H,14,15). The third-order valence-electron chi connectivity index (χ3n) is 3.26. The van der Waals surface area contributed by atoms with E-state index in [0.717, 1.165) is 17.3 Å². The molecule has 1 N–H and O–H groups in total. The minimum Gasteiger partial charge on any atom is -0.372 e. The Morgan fingerprint density at radius 3 is 2.82 bits per heavy atom. The second kappa shape index (κ2) is 5.04. The fourth-order valence-electron chi connectivity index (χ4n) is 1.93. The summed E-state index contributed by atoms with van der Waals surface area (Å²) < 4.78 is 0.821. The van der Waals surface area contributed by atoms with Gasteiger partial charge in [0.05, 0.1) is 5.56 Å². The van der Waals surface area contributed by atoms with Crippen molar-refractivity contribution in [1.82, 2.24) is 9.88 Å². The molecule has 1 aliphatic rings. The molecule has 1 fully saturated rings. The minimum atomic E-state index is 0.0350. The van der Waals surface area contributed by atoms with Gasteiger partial charge in [0.15, 0.2) is 0 Å². The molecule has 0 atom stereocenters. The van der Waals surface area contributed by atoms with Crippen molar-refractivity contribution in [1.29, 1.82) is 0 Å². The van der Waals surface area contributed by atoms with Gasteiger partial charge in [0.1, 0.15) is 5.82 Å². The van der Waals surface area contributed by atoms with Gasteiger partial charge in [-0.05, 0) is 41.3 Å². The van der Waals surface area contributed by atoms with Gasteiger partial charge in [0, 0.05) is 30.8 Å². The summed E-state index contributed by atoms with van der Waals surface area (Å²) in [5, 5.41) is 2.95. The zero-order valence-corrected chi connectivity index (χ0v) is 11.6. The van der Waals surface area contributed by atoms with Crippen molar-refractivity contribution in [2.45, 2.75) is 25.3 Å². The van der Waals surface area contributed by atoms with Gasteiger partial charge in [-0.1, -0.05) is 0 Å². The summed E-state index contributed by atoms with van der Waals surface area (Å²) in [5.74, 6) is 0.664. The molecular formula is C12H16BrN3O. The average molecular weight is 298 g/mol. The lowest BCUT2D eigenvalue weighted by atomic mass is 9.91. The predicted molar refractivity (Wildman–Crippen MR) is 71.2 cm³/mol. The second-order valence-electron chi connectivity index (χ2n) is 4.30. The first-order valence-corrected chi connectivity index (χ1v) is 6.53. The van der Waals surface area contributed by atoms with Crippen molar-refractivity contribution in [3.05, 3.63) is 22.3 Å². The van der Waals surface area contributed by atoms with Crippen LogP contribution in [0.25, 0.3) is 0 Å². The largest absolute Gasteiger partial charge is 0.372 e. The van der Waals surface area contributed by atoms with Crippen molar-refractivity contribution in [3.8, 4) is 0 Å². The Kier molecular flexibility index (Phi) is 3.66. The summed E-state index contributed by atoms with van der Waals surface area (Å²) in [7, 11) is 3.64. The highest BCUT2D eigenvalue weighted by molar-refractivity contribution is 9.10. The van der Waals surface area contributed by atoms with Gasteiger partial charge in [0.25, 0.3) is 5.91 Å². The van der Waals surface area contributed by atoms with Crippen LogP contribution < -0.4 is 5.32 Å². The number of nitrogens with one attached hydrogen (secondary N) is 1. The van der Waals surface area contributed by atoms with E-state index in [1.54, 1.807) is 13.2 Å². The molecule has 0 spiro atoms. The van der Waals surface area contributed by atoms with Crippen molar-refractivity contribution in [2.75, 3.05) is 19.4 Å². The van der Waals surface area contributed by atoms with Crippen molar-refractivity contribution < 1.29 is 4.79 Å². The smallest absolute Gasteiger partial charge is 0.257 e. The number of hydrogen-bond donors (Lipinski definition) is 1. The summed E-state index contributed by atoms with van der Waals surface area (Å²) in [6.07, 6.45) is 5.13. The van der Waals surface area contributed by atoms with Crippen LogP contribution in [0, 0.1) is 0 Å². The molecule has 2 rings (SSSR count). The zero-order valence-electron chi connectivity index (χ0n) is 10.0. The van der Waals surface area contributed by atoms with E-state index >= 15 is 0 Å². The first-order valence-electron chi connectivity index (χ1n) is 5.74. The molecule has 0 unspecified atom stereocenters. The van der Waals surface area contributed by atoms with Crippen LogP contribution in [0.4, 0.5) is 5.82 Å². The van der Waals surface area contributed by atoms with Crippen LogP contribution in [0.1, 0.15) is 29.6 Å².